The molecule has 1 aromatic carbocycles. The fraction of sp³-hybridized carbons (Fsp3) is 0.636. The lowest BCUT2D eigenvalue weighted by Gasteiger charge is -2.36. The molecule has 0 aliphatic carbocycles. The monoisotopic (exact) mass is 392 g/mol. The van der Waals surface area contributed by atoms with Crippen molar-refractivity contribution < 1.29 is 19.1 Å². The lowest BCUT2D eigenvalue weighted by atomic mass is 9.80. The van der Waals surface area contributed by atoms with Gasteiger partial charge in [0.05, 0.1) is 18.1 Å². The van der Waals surface area contributed by atoms with Gasteiger partial charge in [-0.1, -0.05) is 13.8 Å². The summed E-state index contributed by atoms with van der Waals surface area (Å²) in [5, 5.41) is 0. The van der Waals surface area contributed by atoms with E-state index in [1.807, 2.05) is 34.6 Å². The molecule has 0 fully saturated rings. The average molecular weight is 393 g/mol. The van der Waals surface area contributed by atoms with Crippen molar-refractivity contribution in [1.82, 2.24) is 0 Å². The van der Waals surface area contributed by atoms with Gasteiger partial charge >= 0.3 is 0 Å². The van der Waals surface area contributed by atoms with E-state index in [-0.39, 0.29) is 17.7 Å². The van der Waals surface area contributed by atoms with E-state index in [2.05, 4.69) is 0 Å². The van der Waals surface area contributed by atoms with E-state index in [9.17, 15) is 9.59 Å². The van der Waals surface area contributed by atoms with Crippen LogP contribution in [0.3, 0.4) is 0 Å². The molecule has 6 heteroatoms. The van der Waals surface area contributed by atoms with Crippen LogP contribution in [0.5, 0.6) is 0 Å². The zero-order chi connectivity index (χ0) is 21.9. The van der Waals surface area contributed by atoms with Gasteiger partial charge in [-0.25, -0.2) is 0 Å². The standard InChI is InChI=1S/C22H36N2O4/c1-14(18(25)21(5,6)15(2)27-13-20(3,4)24)28-22(7,8)19(26)16-9-11-17(23)12-10-16/h9-12,14-15H,13,23-24H2,1-8H3. The summed E-state index contributed by atoms with van der Waals surface area (Å²) in [6.07, 6.45) is -1.13. The van der Waals surface area contributed by atoms with E-state index in [1.165, 1.54) is 0 Å². The van der Waals surface area contributed by atoms with Crippen LogP contribution in [0, 0.1) is 5.41 Å². The summed E-state index contributed by atoms with van der Waals surface area (Å²) >= 11 is 0. The van der Waals surface area contributed by atoms with Gasteiger partial charge in [0.25, 0.3) is 0 Å². The predicted molar refractivity (Wildman–Crippen MR) is 112 cm³/mol. The van der Waals surface area contributed by atoms with Crippen LogP contribution in [-0.2, 0) is 14.3 Å². The first-order valence-electron chi connectivity index (χ1n) is 9.61. The third-order valence-corrected chi connectivity index (χ3v) is 4.92. The highest BCUT2D eigenvalue weighted by Gasteiger charge is 2.41. The van der Waals surface area contributed by atoms with Crippen molar-refractivity contribution in [2.24, 2.45) is 11.1 Å². The second-order valence-corrected chi connectivity index (χ2v) is 9.25. The van der Waals surface area contributed by atoms with E-state index < -0.39 is 22.7 Å². The Balaban J connectivity index is 2.85. The van der Waals surface area contributed by atoms with Crippen LogP contribution in [0.15, 0.2) is 24.3 Å². The number of ketones is 2. The fourth-order valence-corrected chi connectivity index (χ4v) is 2.80. The molecule has 2 unspecified atom stereocenters. The molecule has 0 aliphatic rings. The normalized spacial score (nSPS) is 15.2. The van der Waals surface area contributed by atoms with Gasteiger partial charge in [-0.2, -0.15) is 0 Å². The van der Waals surface area contributed by atoms with Crippen molar-refractivity contribution in [3.05, 3.63) is 29.8 Å². The molecule has 0 saturated carbocycles. The van der Waals surface area contributed by atoms with Crippen LogP contribution < -0.4 is 11.5 Å². The summed E-state index contributed by atoms with van der Waals surface area (Å²) in [5.74, 6) is -0.341. The number of Topliss-reactive ketones (excluding diaryl/α,β-unsaturated/α-hetero) is 2. The van der Waals surface area contributed by atoms with Crippen LogP contribution in [0.25, 0.3) is 0 Å². The molecular formula is C22H36N2O4. The van der Waals surface area contributed by atoms with Gasteiger partial charge in [-0.3, -0.25) is 9.59 Å². The van der Waals surface area contributed by atoms with E-state index in [1.54, 1.807) is 45.0 Å². The smallest absolute Gasteiger partial charge is 0.194 e. The molecule has 1 rings (SSSR count). The van der Waals surface area contributed by atoms with Crippen LogP contribution in [0.4, 0.5) is 5.69 Å². The highest BCUT2D eigenvalue weighted by atomic mass is 16.5. The Morgan fingerprint density at radius 3 is 1.96 bits per heavy atom. The molecule has 0 amide bonds. The number of rotatable bonds is 10. The van der Waals surface area contributed by atoms with Gasteiger partial charge in [-0.05, 0) is 65.8 Å². The summed E-state index contributed by atoms with van der Waals surface area (Å²) in [6.45, 7) is 14.6. The molecule has 0 radical (unpaired) electrons. The molecule has 158 valence electrons. The molecule has 6 nitrogen and oxygen atoms in total. The van der Waals surface area contributed by atoms with Gasteiger partial charge < -0.3 is 20.9 Å². The summed E-state index contributed by atoms with van der Waals surface area (Å²) < 4.78 is 11.7. The summed E-state index contributed by atoms with van der Waals surface area (Å²) in [7, 11) is 0. The topological polar surface area (TPSA) is 105 Å². The fourth-order valence-electron chi connectivity index (χ4n) is 2.80. The first kappa shape index (κ1) is 24.3. The maximum Gasteiger partial charge on any atom is 0.194 e. The zero-order valence-electron chi connectivity index (χ0n) is 18.5. The number of hydrogen-bond donors (Lipinski definition) is 2. The van der Waals surface area contributed by atoms with Crippen molar-refractivity contribution in [2.45, 2.75) is 78.7 Å². The molecule has 2 atom stereocenters. The highest BCUT2D eigenvalue weighted by Crippen LogP contribution is 2.29. The summed E-state index contributed by atoms with van der Waals surface area (Å²) in [4.78, 5) is 25.9. The molecule has 0 aliphatic heterocycles. The van der Waals surface area contributed by atoms with Crippen molar-refractivity contribution in [3.63, 3.8) is 0 Å². The maximum absolute atomic E-state index is 13.0. The second-order valence-electron chi connectivity index (χ2n) is 9.25. The average Bonchev–Trinajstić information content (AvgIpc) is 2.57. The van der Waals surface area contributed by atoms with Crippen molar-refractivity contribution in [3.8, 4) is 0 Å². The number of nitrogens with two attached hydrogens (primary N) is 2. The third-order valence-electron chi connectivity index (χ3n) is 4.92. The SMILES string of the molecule is CC(OC(C)(C)C(=O)c1ccc(N)cc1)C(=O)C(C)(C)C(C)OCC(C)(C)N. The molecule has 4 N–H and O–H groups in total. The Morgan fingerprint density at radius 2 is 1.50 bits per heavy atom. The highest BCUT2D eigenvalue weighted by molar-refractivity contribution is 6.02. The Labute approximate surface area is 169 Å². The van der Waals surface area contributed by atoms with Gasteiger partial charge in [0, 0.05) is 16.8 Å². The molecule has 1 aromatic rings. The third kappa shape index (κ3) is 6.40. The minimum absolute atomic E-state index is 0.131. The van der Waals surface area contributed by atoms with Crippen molar-refractivity contribution in [1.29, 1.82) is 0 Å². The minimum Gasteiger partial charge on any atom is -0.399 e. The maximum atomic E-state index is 13.0. The molecule has 0 saturated heterocycles. The van der Waals surface area contributed by atoms with E-state index in [0.717, 1.165) is 0 Å². The Bertz CT molecular complexity index is 687. The quantitative estimate of drug-likeness (QED) is 0.467. The van der Waals surface area contributed by atoms with Crippen molar-refractivity contribution >= 4 is 17.3 Å². The van der Waals surface area contributed by atoms with Crippen LogP contribution in [-0.4, -0.2) is 41.5 Å². The molecule has 28 heavy (non-hydrogen) atoms. The van der Waals surface area contributed by atoms with E-state index in [0.29, 0.717) is 17.9 Å². The predicted octanol–water partition coefficient (Wildman–Crippen LogP) is 3.37. The number of carbonyl (C=O) groups is 2. The van der Waals surface area contributed by atoms with E-state index >= 15 is 0 Å². The molecule has 0 heterocycles. The van der Waals surface area contributed by atoms with Gasteiger partial charge in [0.15, 0.2) is 11.6 Å². The summed E-state index contributed by atoms with van der Waals surface area (Å²) in [5.41, 5.74) is 10.3. The number of carbonyl (C=O) groups excluding carboxylic acids is 2. The van der Waals surface area contributed by atoms with Gasteiger partial charge in [0.2, 0.25) is 0 Å². The first-order chi connectivity index (χ1) is 12.6. The Morgan fingerprint density at radius 1 is 1.00 bits per heavy atom. The Hall–Kier alpha value is -1.76. The number of benzene rings is 1. The largest absolute Gasteiger partial charge is 0.399 e. The number of nitrogen functional groups attached to an aromatic ring is 1. The number of hydrogen-bond acceptors (Lipinski definition) is 6. The number of ether oxygens (including phenoxy) is 2. The van der Waals surface area contributed by atoms with Gasteiger partial charge in [0.1, 0.15) is 11.7 Å². The van der Waals surface area contributed by atoms with Crippen molar-refractivity contribution in [2.75, 3.05) is 12.3 Å². The summed E-state index contributed by atoms with van der Waals surface area (Å²) in [6, 6.07) is 6.64. The first-order valence-corrected chi connectivity index (χ1v) is 9.61. The molecule has 0 aromatic heterocycles. The van der Waals surface area contributed by atoms with Gasteiger partial charge in [-0.15, -0.1) is 0 Å². The molecular weight excluding hydrogens is 356 g/mol. The molecule has 0 spiro atoms. The zero-order valence-corrected chi connectivity index (χ0v) is 18.5. The number of anilines is 1. The lowest BCUT2D eigenvalue weighted by molar-refractivity contribution is -0.153. The van der Waals surface area contributed by atoms with Crippen LogP contribution in [0.2, 0.25) is 0 Å². The Kier molecular flexibility index (Phi) is 7.56. The van der Waals surface area contributed by atoms with Crippen LogP contribution >= 0.6 is 0 Å². The second kappa shape index (κ2) is 8.72. The molecule has 0 bridgehead atoms. The minimum atomic E-state index is -1.16. The van der Waals surface area contributed by atoms with E-state index in [4.69, 9.17) is 20.9 Å². The van der Waals surface area contributed by atoms with Crippen LogP contribution in [0.1, 0.15) is 65.7 Å². The lowest BCUT2D eigenvalue weighted by Crippen LogP contribution is -2.48.